The quantitative estimate of drug-likeness (QED) is 0.930. The Morgan fingerprint density at radius 1 is 1.42 bits per heavy atom. The summed E-state index contributed by atoms with van der Waals surface area (Å²) in [5.41, 5.74) is 0.781. The van der Waals surface area contributed by atoms with E-state index < -0.39 is 5.97 Å². The van der Waals surface area contributed by atoms with Crippen molar-refractivity contribution in [2.24, 2.45) is 0 Å². The first-order valence-corrected chi connectivity index (χ1v) is 5.99. The molecule has 1 heterocycles. The third-order valence-electron chi connectivity index (χ3n) is 2.45. The Kier molecular flexibility index (Phi) is 3.97. The summed E-state index contributed by atoms with van der Waals surface area (Å²) in [7, 11) is 0. The molecule has 5 nitrogen and oxygen atoms in total. The Hall–Kier alpha value is -2.14. The minimum absolute atomic E-state index is 0.129. The van der Waals surface area contributed by atoms with Gasteiger partial charge in [-0.05, 0) is 30.2 Å². The van der Waals surface area contributed by atoms with Crippen LogP contribution in [0.2, 0.25) is 5.02 Å². The molecule has 0 bridgehead atoms. The predicted molar refractivity (Wildman–Crippen MR) is 69.9 cm³/mol. The van der Waals surface area contributed by atoms with Crippen molar-refractivity contribution in [3.63, 3.8) is 0 Å². The van der Waals surface area contributed by atoms with Gasteiger partial charge < -0.3 is 9.84 Å². The molecule has 0 aliphatic rings. The molecule has 0 aliphatic heterocycles. The van der Waals surface area contributed by atoms with E-state index in [4.69, 9.17) is 21.4 Å². The lowest BCUT2D eigenvalue weighted by atomic mass is 10.1. The van der Waals surface area contributed by atoms with Gasteiger partial charge in [0.2, 0.25) is 5.88 Å². The van der Waals surface area contributed by atoms with Gasteiger partial charge in [-0.1, -0.05) is 18.5 Å². The van der Waals surface area contributed by atoms with E-state index >= 15 is 0 Å². The summed E-state index contributed by atoms with van der Waals surface area (Å²) in [6, 6.07) is 5.21. The lowest BCUT2D eigenvalue weighted by Gasteiger charge is -2.07. The van der Waals surface area contributed by atoms with Gasteiger partial charge in [-0.15, -0.1) is 0 Å². The van der Waals surface area contributed by atoms with E-state index in [1.165, 1.54) is 6.20 Å². The summed E-state index contributed by atoms with van der Waals surface area (Å²) in [6.45, 7) is 1.98. The largest absolute Gasteiger partial charge is 0.476 e. The number of carbonyl (C=O) groups is 1. The second-order valence-corrected chi connectivity index (χ2v) is 4.16. The van der Waals surface area contributed by atoms with E-state index in [0.717, 1.165) is 18.2 Å². The summed E-state index contributed by atoms with van der Waals surface area (Å²) in [4.78, 5) is 18.4. The SMILES string of the molecule is CCc1cc(Oc2cncc(C(=O)O)n2)ccc1Cl. The van der Waals surface area contributed by atoms with Crippen molar-refractivity contribution in [1.82, 2.24) is 9.97 Å². The molecule has 0 saturated heterocycles. The minimum atomic E-state index is -1.15. The number of nitrogens with zero attached hydrogens (tertiary/aromatic N) is 2. The number of aryl methyl sites for hydroxylation is 1. The highest BCUT2D eigenvalue weighted by Crippen LogP contribution is 2.25. The fraction of sp³-hybridized carbons (Fsp3) is 0.154. The first-order valence-electron chi connectivity index (χ1n) is 5.61. The number of aromatic carboxylic acids is 1. The lowest BCUT2D eigenvalue weighted by Crippen LogP contribution is -2.02. The van der Waals surface area contributed by atoms with Gasteiger partial charge in [0.05, 0.1) is 12.4 Å². The van der Waals surface area contributed by atoms with Crippen LogP contribution < -0.4 is 4.74 Å². The number of carboxylic acid groups (broad SMARTS) is 1. The maximum absolute atomic E-state index is 10.8. The molecule has 0 saturated carbocycles. The third-order valence-corrected chi connectivity index (χ3v) is 2.82. The summed E-state index contributed by atoms with van der Waals surface area (Å²) in [5, 5.41) is 9.49. The second kappa shape index (κ2) is 5.67. The molecule has 2 aromatic rings. The second-order valence-electron chi connectivity index (χ2n) is 3.76. The summed E-state index contributed by atoms with van der Waals surface area (Å²) < 4.78 is 5.47. The van der Waals surface area contributed by atoms with Crippen LogP contribution in [-0.2, 0) is 6.42 Å². The zero-order chi connectivity index (χ0) is 13.8. The normalized spacial score (nSPS) is 10.2. The summed E-state index contributed by atoms with van der Waals surface area (Å²) in [6.07, 6.45) is 3.29. The van der Waals surface area contributed by atoms with Crippen LogP contribution in [0.1, 0.15) is 23.0 Å². The van der Waals surface area contributed by atoms with Gasteiger partial charge in [-0.3, -0.25) is 4.98 Å². The number of carboxylic acids is 1. The fourth-order valence-electron chi connectivity index (χ4n) is 1.51. The molecule has 0 atom stereocenters. The van der Waals surface area contributed by atoms with Crippen LogP contribution in [-0.4, -0.2) is 21.0 Å². The summed E-state index contributed by atoms with van der Waals surface area (Å²) >= 11 is 6.00. The van der Waals surface area contributed by atoms with Crippen molar-refractivity contribution in [3.8, 4) is 11.6 Å². The standard InChI is InChI=1S/C13H11ClN2O3/c1-2-8-5-9(3-4-10(8)14)19-12-7-15-6-11(16-12)13(17)18/h3-7H,2H2,1H3,(H,17,18). The van der Waals surface area contributed by atoms with E-state index in [1.54, 1.807) is 18.2 Å². The Balaban J connectivity index is 2.26. The summed E-state index contributed by atoms with van der Waals surface area (Å²) in [5.74, 6) is -0.481. The molecule has 0 amide bonds. The van der Waals surface area contributed by atoms with Gasteiger partial charge in [0.1, 0.15) is 5.75 Å². The molecule has 0 unspecified atom stereocenters. The van der Waals surface area contributed by atoms with Crippen LogP contribution in [0.4, 0.5) is 0 Å². The molecular weight excluding hydrogens is 268 g/mol. The highest BCUT2D eigenvalue weighted by molar-refractivity contribution is 6.31. The maximum atomic E-state index is 10.8. The third kappa shape index (κ3) is 3.20. The number of halogens is 1. The van der Waals surface area contributed by atoms with E-state index in [9.17, 15) is 4.79 Å². The van der Waals surface area contributed by atoms with Crippen molar-refractivity contribution in [3.05, 3.63) is 46.9 Å². The Bertz CT molecular complexity index is 617. The molecule has 0 radical (unpaired) electrons. The van der Waals surface area contributed by atoms with Crippen molar-refractivity contribution in [1.29, 1.82) is 0 Å². The van der Waals surface area contributed by atoms with Crippen LogP contribution in [0.15, 0.2) is 30.6 Å². The Morgan fingerprint density at radius 2 is 2.21 bits per heavy atom. The van der Waals surface area contributed by atoms with Crippen molar-refractivity contribution in [2.45, 2.75) is 13.3 Å². The smallest absolute Gasteiger partial charge is 0.356 e. The predicted octanol–water partition coefficient (Wildman–Crippen LogP) is 3.18. The van der Waals surface area contributed by atoms with Crippen LogP contribution in [0, 0.1) is 0 Å². The average Bonchev–Trinajstić information content (AvgIpc) is 2.41. The molecule has 1 aromatic carbocycles. The molecule has 0 aliphatic carbocycles. The van der Waals surface area contributed by atoms with Crippen LogP contribution >= 0.6 is 11.6 Å². The van der Waals surface area contributed by atoms with E-state index in [2.05, 4.69) is 9.97 Å². The van der Waals surface area contributed by atoms with Gasteiger partial charge in [0.15, 0.2) is 5.69 Å². The number of ether oxygens (including phenoxy) is 1. The van der Waals surface area contributed by atoms with Crippen molar-refractivity contribution >= 4 is 17.6 Å². The monoisotopic (exact) mass is 278 g/mol. The maximum Gasteiger partial charge on any atom is 0.356 e. The number of aromatic nitrogens is 2. The first kappa shape index (κ1) is 13.3. The van der Waals surface area contributed by atoms with Gasteiger partial charge in [0.25, 0.3) is 0 Å². The molecule has 1 N–H and O–H groups in total. The molecule has 6 heteroatoms. The number of rotatable bonds is 4. The van der Waals surface area contributed by atoms with E-state index in [-0.39, 0.29) is 11.6 Å². The van der Waals surface area contributed by atoms with Gasteiger partial charge >= 0.3 is 5.97 Å². The van der Waals surface area contributed by atoms with Crippen LogP contribution in [0.5, 0.6) is 11.6 Å². The topological polar surface area (TPSA) is 72.3 Å². The zero-order valence-corrected chi connectivity index (χ0v) is 10.9. The average molecular weight is 279 g/mol. The molecule has 0 fully saturated rings. The first-order chi connectivity index (χ1) is 9.10. The van der Waals surface area contributed by atoms with Gasteiger partial charge in [-0.2, -0.15) is 0 Å². The fourth-order valence-corrected chi connectivity index (χ4v) is 1.76. The zero-order valence-electron chi connectivity index (χ0n) is 10.1. The van der Waals surface area contributed by atoms with Gasteiger partial charge in [0, 0.05) is 5.02 Å². The number of hydrogen-bond acceptors (Lipinski definition) is 4. The van der Waals surface area contributed by atoms with E-state index in [0.29, 0.717) is 10.8 Å². The minimum Gasteiger partial charge on any atom is -0.476 e. The molecular formula is C13H11ClN2O3. The molecule has 0 spiro atoms. The van der Waals surface area contributed by atoms with Crippen molar-refractivity contribution in [2.75, 3.05) is 0 Å². The molecule has 98 valence electrons. The molecule has 19 heavy (non-hydrogen) atoms. The van der Waals surface area contributed by atoms with Crippen LogP contribution in [0.25, 0.3) is 0 Å². The number of hydrogen-bond donors (Lipinski definition) is 1. The van der Waals surface area contributed by atoms with Crippen LogP contribution in [0.3, 0.4) is 0 Å². The molecule has 2 rings (SSSR count). The Morgan fingerprint density at radius 3 is 2.89 bits per heavy atom. The van der Waals surface area contributed by atoms with Gasteiger partial charge in [-0.25, -0.2) is 9.78 Å². The highest BCUT2D eigenvalue weighted by atomic mass is 35.5. The lowest BCUT2D eigenvalue weighted by molar-refractivity contribution is 0.0689. The van der Waals surface area contributed by atoms with Crippen molar-refractivity contribution < 1.29 is 14.6 Å². The highest BCUT2D eigenvalue weighted by Gasteiger charge is 2.08. The van der Waals surface area contributed by atoms with E-state index in [1.807, 2.05) is 6.92 Å². The Labute approximate surface area is 114 Å². The number of benzene rings is 1. The molecule has 1 aromatic heterocycles.